The lowest BCUT2D eigenvalue weighted by atomic mass is 10.4. The third-order valence-electron chi connectivity index (χ3n) is 1.22. The molecule has 0 amide bonds. The summed E-state index contributed by atoms with van der Waals surface area (Å²) in [5.41, 5.74) is 1.90. The van der Waals surface area contributed by atoms with E-state index in [1.54, 1.807) is 0 Å². The van der Waals surface area contributed by atoms with Crippen molar-refractivity contribution in [2.24, 2.45) is 0 Å². The van der Waals surface area contributed by atoms with Crippen LogP contribution in [0.15, 0.2) is 4.63 Å². The van der Waals surface area contributed by atoms with Gasteiger partial charge in [-0.3, -0.25) is 0 Å². The number of nitrogens with one attached hydrogen (secondary N) is 1. The van der Waals surface area contributed by atoms with Crippen LogP contribution >= 0.6 is 0 Å². The third kappa shape index (κ3) is 0.376. The molecule has 2 heterocycles. The van der Waals surface area contributed by atoms with Gasteiger partial charge in [-0.2, -0.15) is 0 Å². The molecule has 0 aromatic carbocycles. The Kier molecular flexibility index (Phi) is 0.648. The van der Waals surface area contributed by atoms with Crippen molar-refractivity contribution in [3.8, 4) is 0 Å². The summed E-state index contributed by atoms with van der Waals surface area (Å²) in [6, 6.07) is 0. The van der Waals surface area contributed by atoms with E-state index in [4.69, 9.17) is 0 Å². The van der Waals surface area contributed by atoms with Crippen molar-refractivity contribution in [2.45, 2.75) is 13.1 Å². The average Bonchev–Trinajstić information content (AvgIpc) is 2.15. The Morgan fingerprint density at radius 1 is 1.25 bits per heavy atom. The van der Waals surface area contributed by atoms with Crippen LogP contribution in [0.1, 0.15) is 11.4 Å². The fraction of sp³-hybridized carbons (Fsp3) is 0.500. The molecule has 1 N–H and O–H groups in total. The van der Waals surface area contributed by atoms with E-state index >= 15 is 0 Å². The summed E-state index contributed by atoms with van der Waals surface area (Å²) in [5, 5.41) is 10.4. The van der Waals surface area contributed by atoms with Crippen molar-refractivity contribution in [2.75, 3.05) is 0 Å². The molecule has 2 rings (SSSR count). The largest absolute Gasteiger partial charge is 0.305 e. The van der Waals surface area contributed by atoms with Gasteiger partial charge in [0.05, 0.1) is 0 Å². The molecule has 4 nitrogen and oxygen atoms in total. The standard InChI is InChI=1S/C4H5N3O/c1-3-4(2-5-1)7-8-6-3/h5H,1-2H2. The van der Waals surface area contributed by atoms with Crippen molar-refractivity contribution in [1.29, 1.82) is 0 Å². The Morgan fingerprint density at radius 2 is 1.88 bits per heavy atom. The number of nitrogens with zero attached hydrogens (tertiary/aromatic N) is 2. The van der Waals surface area contributed by atoms with E-state index in [0.717, 1.165) is 24.5 Å². The summed E-state index contributed by atoms with van der Waals surface area (Å²) >= 11 is 0. The summed E-state index contributed by atoms with van der Waals surface area (Å²) in [7, 11) is 0. The van der Waals surface area contributed by atoms with E-state index in [9.17, 15) is 0 Å². The normalized spacial score (nSPS) is 16.5. The lowest BCUT2D eigenvalue weighted by molar-refractivity contribution is 0.294. The van der Waals surface area contributed by atoms with Crippen LogP contribution in [0.5, 0.6) is 0 Å². The van der Waals surface area contributed by atoms with Crippen molar-refractivity contribution >= 4 is 0 Å². The minimum Gasteiger partial charge on any atom is -0.305 e. The zero-order chi connectivity index (χ0) is 5.40. The Labute approximate surface area is 45.8 Å². The number of hydrogen-bond acceptors (Lipinski definition) is 4. The van der Waals surface area contributed by atoms with Gasteiger partial charge in [0.25, 0.3) is 0 Å². The van der Waals surface area contributed by atoms with Gasteiger partial charge < -0.3 is 5.32 Å². The van der Waals surface area contributed by atoms with Gasteiger partial charge >= 0.3 is 0 Å². The maximum Gasteiger partial charge on any atom is 0.123 e. The van der Waals surface area contributed by atoms with Crippen LogP contribution < -0.4 is 5.32 Å². The topological polar surface area (TPSA) is 51.0 Å². The van der Waals surface area contributed by atoms with Crippen LogP contribution in [0.4, 0.5) is 0 Å². The molecular formula is C4H5N3O. The first kappa shape index (κ1) is 4.03. The van der Waals surface area contributed by atoms with Gasteiger partial charge in [-0.25, -0.2) is 4.63 Å². The van der Waals surface area contributed by atoms with Crippen LogP contribution in [0.25, 0.3) is 0 Å². The molecule has 0 bridgehead atoms. The molecule has 0 saturated carbocycles. The molecule has 42 valence electrons. The minimum atomic E-state index is 0.804. The summed E-state index contributed by atoms with van der Waals surface area (Å²) in [5.74, 6) is 0. The van der Waals surface area contributed by atoms with Crippen LogP contribution in [-0.4, -0.2) is 10.3 Å². The van der Waals surface area contributed by atoms with Crippen molar-refractivity contribution in [3.63, 3.8) is 0 Å². The molecule has 0 fully saturated rings. The average molecular weight is 111 g/mol. The van der Waals surface area contributed by atoms with Gasteiger partial charge in [0, 0.05) is 13.1 Å². The molecule has 1 aliphatic heterocycles. The number of aromatic nitrogens is 2. The molecule has 0 spiro atoms. The Balaban J connectivity index is 2.54. The lowest BCUT2D eigenvalue weighted by Crippen LogP contribution is -2.01. The maximum absolute atomic E-state index is 4.45. The molecule has 0 unspecified atom stereocenters. The first-order chi connectivity index (χ1) is 3.97. The van der Waals surface area contributed by atoms with E-state index in [-0.39, 0.29) is 0 Å². The monoisotopic (exact) mass is 111 g/mol. The molecule has 0 saturated heterocycles. The first-order valence-electron chi connectivity index (χ1n) is 2.48. The Morgan fingerprint density at radius 3 is 2.50 bits per heavy atom. The second-order valence-electron chi connectivity index (χ2n) is 1.76. The Hall–Kier alpha value is -0.900. The fourth-order valence-electron chi connectivity index (χ4n) is 0.792. The molecular weight excluding hydrogens is 106 g/mol. The molecule has 1 aromatic heterocycles. The van der Waals surface area contributed by atoms with Gasteiger partial charge in [-0.15, -0.1) is 0 Å². The van der Waals surface area contributed by atoms with Gasteiger partial charge in [-0.1, -0.05) is 10.3 Å². The molecule has 0 aliphatic carbocycles. The SMILES string of the molecule is C1NCc2nonc21. The highest BCUT2D eigenvalue weighted by atomic mass is 16.6. The van der Waals surface area contributed by atoms with Crippen molar-refractivity contribution in [3.05, 3.63) is 11.4 Å². The molecule has 1 aromatic rings. The smallest absolute Gasteiger partial charge is 0.123 e. The van der Waals surface area contributed by atoms with E-state index in [0.29, 0.717) is 0 Å². The van der Waals surface area contributed by atoms with Crippen molar-refractivity contribution in [1.82, 2.24) is 15.6 Å². The predicted molar refractivity (Wildman–Crippen MR) is 24.8 cm³/mol. The van der Waals surface area contributed by atoms with Crippen molar-refractivity contribution < 1.29 is 4.63 Å². The highest BCUT2D eigenvalue weighted by Gasteiger charge is 2.14. The molecule has 1 aliphatic rings. The summed E-state index contributed by atoms with van der Waals surface area (Å²) in [4.78, 5) is 0. The number of fused-ring (bicyclic) bond motifs is 1. The van der Waals surface area contributed by atoms with Crippen LogP contribution in [0.3, 0.4) is 0 Å². The fourth-order valence-corrected chi connectivity index (χ4v) is 0.792. The quantitative estimate of drug-likeness (QED) is 0.498. The summed E-state index contributed by atoms with van der Waals surface area (Å²) < 4.78 is 4.45. The highest BCUT2D eigenvalue weighted by molar-refractivity contribution is 5.11. The van der Waals surface area contributed by atoms with E-state index < -0.39 is 0 Å². The van der Waals surface area contributed by atoms with Crippen LogP contribution in [0, 0.1) is 0 Å². The number of hydrogen-bond donors (Lipinski definition) is 1. The molecule has 0 radical (unpaired) electrons. The predicted octanol–water partition coefficient (Wildman–Crippen LogP) is -0.327. The van der Waals surface area contributed by atoms with Gasteiger partial charge in [0.2, 0.25) is 0 Å². The molecule has 8 heavy (non-hydrogen) atoms. The number of rotatable bonds is 0. The second-order valence-corrected chi connectivity index (χ2v) is 1.76. The zero-order valence-corrected chi connectivity index (χ0v) is 4.22. The third-order valence-corrected chi connectivity index (χ3v) is 1.22. The van der Waals surface area contributed by atoms with Gasteiger partial charge in [0.1, 0.15) is 11.4 Å². The second kappa shape index (κ2) is 1.29. The maximum atomic E-state index is 4.45. The first-order valence-corrected chi connectivity index (χ1v) is 2.48. The molecule has 0 atom stereocenters. The van der Waals surface area contributed by atoms with E-state index in [1.807, 2.05) is 0 Å². The van der Waals surface area contributed by atoms with E-state index in [1.165, 1.54) is 0 Å². The summed E-state index contributed by atoms with van der Waals surface area (Å²) in [6.07, 6.45) is 0. The lowest BCUT2D eigenvalue weighted by Gasteiger charge is -1.80. The summed E-state index contributed by atoms with van der Waals surface area (Å²) in [6.45, 7) is 1.61. The molecule has 4 heteroatoms. The van der Waals surface area contributed by atoms with Gasteiger partial charge in [-0.05, 0) is 0 Å². The van der Waals surface area contributed by atoms with E-state index in [2.05, 4.69) is 20.3 Å². The zero-order valence-electron chi connectivity index (χ0n) is 4.22. The van der Waals surface area contributed by atoms with Gasteiger partial charge in [0.15, 0.2) is 0 Å². The minimum absolute atomic E-state index is 0.804. The Bertz CT molecular complexity index is 176. The van der Waals surface area contributed by atoms with Crippen LogP contribution in [-0.2, 0) is 13.1 Å². The van der Waals surface area contributed by atoms with Crippen LogP contribution in [0.2, 0.25) is 0 Å². The highest BCUT2D eigenvalue weighted by Crippen LogP contribution is 2.07.